The molecule has 2 saturated heterocycles. The van der Waals surface area contributed by atoms with Crippen LogP contribution in [0.4, 0.5) is 10.2 Å². The molecule has 2 aliphatic heterocycles. The molecule has 4 heterocycles. The summed E-state index contributed by atoms with van der Waals surface area (Å²) >= 11 is 6.55. The molecule has 2 aromatic carbocycles. The Morgan fingerprint density at radius 2 is 1.79 bits per heavy atom. The van der Waals surface area contributed by atoms with Crippen molar-refractivity contribution in [2.45, 2.75) is 70.8 Å². The van der Waals surface area contributed by atoms with Gasteiger partial charge in [-0.05, 0) is 80.1 Å². The average molecular weight is 588 g/mol. The highest BCUT2D eigenvalue weighted by atomic mass is 35.5. The molecule has 6 rings (SSSR count). The largest absolute Gasteiger partial charge is 0.376 e. The van der Waals surface area contributed by atoms with E-state index in [0.717, 1.165) is 66.3 Å². The molecule has 0 spiro atoms. The van der Waals surface area contributed by atoms with Gasteiger partial charge < -0.3 is 14.2 Å². The monoisotopic (exact) mass is 587 g/mol. The predicted octanol–water partition coefficient (Wildman–Crippen LogP) is 6.06. The molecule has 4 atom stereocenters. The number of nitrogens with zero attached hydrogens (tertiary/aromatic N) is 7. The molecule has 0 aliphatic carbocycles. The summed E-state index contributed by atoms with van der Waals surface area (Å²) in [5.41, 5.74) is 4.18. The second-order valence-electron chi connectivity index (χ2n) is 11.3. The van der Waals surface area contributed by atoms with Crippen LogP contribution in [0.5, 0.6) is 0 Å². The van der Waals surface area contributed by atoms with Gasteiger partial charge in [0.15, 0.2) is 17.0 Å². The van der Waals surface area contributed by atoms with Crippen molar-refractivity contribution < 1.29 is 9.13 Å². The molecule has 42 heavy (non-hydrogen) atoms. The van der Waals surface area contributed by atoms with Gasteiger partial charge in [-0.2, -0.15) is 15.2 Å². The van der Waals surface area contributed by atoms with Gasteiger partial charge in [0.2, 0.25) is 5.28 Å². The Morgan fingerprint density at radius 3 is 2.43 bits per heavy atom. The zero-order valence-electron chi connectivity index (χ0n) is 24.2. The number of imidazole rings is 1. The maximum atomic E-state index is 13.9. The highest BCUT2D eigenvalue weighted by Crippen LogP contribution is 2.37. The number of halogens is 2. The van der Waals surface area contributed by atoms with Crippen LogP contribution in [0.2, 0.25) is 5.28 Å². The topological polar surface area (TPSA) is 83.1 Å². The molecule has 218 valence electrons. The molecule has 4 aromatic rings. The Labute approximate surface area is 250 Å². The van der Waals surface area contributed by atoms with Crippen LogP contribution in [0.3, 0.4) is 0 Å². The smallest absolute Gasteiger partial charge is 0.226 e. The number of aromatic nitrogens is 4. The summed E-state index contributed by atoms with van der Waals surface area (Å²) in [6.07, 6.45) is 3.14. The highest BCUT2D eigenvalue weighted by molar-refractivity contribution is 6.28. The van der Waals surface area contributed by atoms with Crippen LogP contribution >= 0.6 is 11.6 Å². The molecular formula is C32H35ClFN7O. The van der Waals surface area contributed by atoms with E-state index in [-0.39, 0.29) is 35.3 Å². The summed E-state index contributed by atoms with van der Waals surface area (Å²) in [7, 11) is 0. The number of hydrogen-bond donors (Lipinski definition) is 0. The molecule has 0 saturated carbocycles. The predicted molar refractivity (Wildman–Crippen MR) is 161 cm³/mol. The first-order valence-corrected chi connectivity index (χ1v) is 15.0. The number of hydrogen-bond acceptors (Lipinski definition) is 7. The Kier molecular flexibility index (Phi) is 8.13. The van der Waals surface area contributed by atoms with E-state index in [1.807, 2.05) is 43.3 Å². The van der Waals surface area contributed by atoms with Crippen molar-refractivity contribution in [2.75, 3.05) is 24.6 Å². The normalized spacial score (nSPS) is 22.0. The van der Waals surface area contributed by atoms with Gasteiger partial charge in [-0.25, -0.2) is 9.37 Å². The summed E-state index contributed by atoms with van der Waals surface area (Å²) in [6.45, 7) is 9.31. The van der Waals surface area contributed by atoms with Gasteiger partial charge in [-0.1, -0.05) is 31.2 Å². The van der Waals surface area contributed by atoms with Crippen LogP contribution in [-0.4, -0.2) is 62.3 Å². The second-order valence-corrected chi connectivity index (χ2v) is 11.7. The summed E-state index contributed by atoms with van der Waals surface area (Å²) in [6, 6.07) is 16.8. The van der Waals surface area contributed by atoms with E-state index in [0.29, 0.717) is 18.7 Å². The molecule has 2 fully saturated rings. The van der Waals surface area contributed by atoms with Gasteiger partial charge in [0, 0.05) is 31.8 Å². The number of nitriles is 1. The first-order valence-electron chi connectivity index (χ1n) is 14.7. The van der Waals surface area contributed by atoms with Crippen molar-refractivity contribution in [3.63, 3.8) is 0 Å². The summed E-state index contributed by atoms with van der Waals surface area (Å²) in [5.74, 6) is 1.36. The third kappa shape index (κ3) is 5.47. The SMILES string of the molecule is CC[C@@H]1CN(c2nc(Cl)nc3c2nc(C)n3C[C@@H]2CCCO2)[C@@H](C)CN1C(c1ccc(F)cc1)c1ccc(C#N)cc1. The highest BCUT2D eigenvalue weighted by Gasteiger charge is 2.38. The number of anilines is 1. The lowest BCUT2D eigenvalue weighted by Crippen LogP contribution is -2.58. The van der Waals surface area contributed by atoms with Crippen LogP contribution in [0.25, 0.3) is 11.2 Å². The van der Waals surface area contributed by atoms with E-state index in [9.17, 15) is 9.65 Å². The molecular weight excluding hydrogens is 553 g/mol. The van der Waals surface area contributed by atoms with Crippen molar-refractivity contribution in [1.29, 1.82) is 5.26 Å². The number of ether oxygens (including phenoxy) is 1. The third-order valence-corrected chi connectivity index (χ3v) is 8.82. The standard InChI is InChI=1S/C32H35ClFN7O/c1-4-26-18-39(30-28-31(38-32(33)37-30)40(21(3)36-28)19-27-6-5-15-42-27)20(2)17-41(26)29(24-11-13-25(34)14-12-24)23-9-7-22(16-35)8-10-23/h7-14,20,26-27,29H,4-6,15,17-19H2,1-3H3/t20-,26+,27-,29?/m0/s1. The van der Waals surface area contributed by atoms with Crippen molar-refractivity contribution in [1.82, 2.24) is 24.4 Å². The maximum absolute atomic E-state index is 13.9. The van der Waals surface area contributed by atoms with Crippen molar-refractivity contribution in [3.05, 3.63) is 82.1 Å². The van der Waals surface area contributed by atoms with Gasteiger partial charge in [-0.3, -0.25) is 4.90 Å². The Hall–Kier alpha value is -3.58. The molecule has 0 radical (unpaired) electrons. The van der Waals surface area contributed by atoms with E-state index in [1.165, 1.54) is 12.1 Å². The third-order valence-electron chi connectivity index (χ3n) is 8.65. The first kappa shape index (κ1) is 28.5. The number of benzene rings is 2. The lowest BCUT2D eigenvalue weighted by molar-refractivity contribution is 0.0973. The van der Waals surface area contributed by atoms with Crippen molar-refractivity contribution >= 4 is 28.6 Å². The summed E-state index contributed by atoms with van der Waals surface area (Å²) in [4.78, 5) is 19.1. The van der Waals surface area contributed by atoms with E-state index in [4.69, 9.17) is 26.3 Å². The lowest BCUT2D eigenvalue weighted by Gasteiger charge is -2.49. The van der Waals surface area contributed by atoms with E-state index >= 15 is 0 Å². The molecule has 0 N–H and O–H groups in total. The summed E-state index contributed by atoms with van der Waals surface area (Å²) < 4.78 is 22.0. The van der Waals surface area contributed by atoms with Crippen LogP contribution in [-0.2, 0) is 11.3 Å². The Bertz CT molecular complexity index is 1590. The van der Waals surface area contributed by atoms with Crippen molar-refractivity contribution in [3.8, 4) is 6.07 Å². The van der Waals surface area contributed by atoms with Crippen LogP contribution in [0.15, 0.2) is 48.5 Å². The average Bonchev–Trinajstić information content (AvgIpc) is 3.62. The number of piperazine rings is 1. The number of fused-ring (bicyclic) bond motifs is 1. The molecule has 10 heteroatoms. The minimum absolute atomic E-state index is 0.0759. The fraction of sp³-hybridized carbons (Fsp3) is 0.438. The molecule has 0 bridgehead atoms. The molecule has 1 unspecified atom stereocenters. The molecule has 0 amide bonds. The van der Waals surface area contributed by atoms with Crippen LogP contribution in [0.1, 0.15) is 61.7 Å². The minimum atomic E-state index is -0.263. The van der Waals surface area contributed by atoms with Gasteiger partial charge in [0.1, 0.15) is 11.6 Å². The van der Waals surface area contributed by atoms with Gasteiger partial charge in [-0.15, -0.1) is 0 Å². The van der Waals surface area contributed by atoms with Crippen molar-refractivity contribution in [2.24, 2.45) is 0 Å². The maximum Gasteiger partial charge on any atom is 0.226 e. The van der Waals surface area contributed by atoms with E-state index in [1.54, 1.807) is 0 Å². The Morgan fingerprint density at radius 1 is 1.07 bits per heavy atom. The minimum Gasteiger partial charge on any atom is -0.376 e. The zero-order chi connectivity index (χ0) is 29.4. The molecule has 2 aromatic heterocycles. The van der Waals surface area contributed by atoms with Crippen LogP contribution < -0.4 is 4.90 Å². The number of rotatable bonds is 7. The van der Waals surface area contributed by atoms with E-state index < -0.39 is 0 Å². The lowest BCUT2D eigenvalue weighted by atomic mass is 9.92. The van der Waals surface area contributed by atoms with Gasteiger partial charge >= 0.3 is 0 Å². The summed E-state index contributed by atoms with van der Waals surface area (Å²) in [5, 5.41) is 9.56. The van der Waals surface area contributed by atoms with Gasteiger partial charge in [0.05, 0.1) is 30.3 Å². The fourth-order valence-corrected chi connectivity index (χ4v) is 6.64. The quantitative estimate of drug-likeness (QED) is 0.243. The fourth-order valence-electron chi connectivity index (χ4n) is 6.48. The first-order chi connectivity index (χ1) is 20.4. The Balaban J connectivity index is 1.36. The number of aryl methyl sites for hydroxylation is 1. The second kappa shape index (κ2) is 12.0. The molecule has 2 aliphatic rings. The van der Waals surface area contributed by atoms with Crippen LogP contribution in [0, 0.1) is 24.1 Å². The molecule has 8 nitrogen and oxygen atoms in total. The van der Waals surface area contributed by atoms with Gasteiger partial charge in [0.25, 0.3) is 0 Å². The zero-order valence-corrected chi connectivity index (χ0v) is 24.9. The van der Waals surface area contributed by atoms with E-state index in [2.05, 4.69) is 39.3 Å².